The van der Waals surface area contributed by atoms with E-state index in [4.69, 9.17) is 0 Å². The normalized spacial score (nSPS) is 15.2. The fourth-order valence-corrected chi connectivity index (χ4v) is 3.76. The summed E-state index contributed by atoms with van der Waals surface area (Å²) in [5.74, 6) is -0.298. The van der Waals surface area contributed by atoms with Crippen LogP contribution in [0.5, 0.6) is 0 Å². The van der Waals surface area contributed by atoms with Crippen molar-refractivity contribution < 1.29 is 9.18 Å². The van der Waals surface area contributed by atoms with Crippen molar-refractivity contribution in [3.05, 3.63) is 53.1 Å². The molecule has 1 aromatic heterocycles. The molecule has 1 aliphatic heterocycles. The third-order valence-corrected chi connectivity index (χ3v) is 5.15. The maximum Gasteiger partial charge on any atom is 0.253 e. The lowest BCUT2D eigenvalue weighted by atomic mass is 10.1. The van der Waals surface area contributed by atoms with Gasteiger partial charge in [0.1, 0.15) is 5.82 Å². The number of aromatic nitrogens is 1. The number of amides is 1. The van der Waals surface area contributed by atoms with Gasteiger partial charge in [-0.3, -0.25) is 4.79 Å². The van der Waals surface area contributed by atoms with Crippen molar-refractivity contribution in [2.75, 3.05) is 26.2 Å². The van der Waals surface area contributed by atoms with Gasteiger partial charge in [0.25, 0.3) is 5.91 Å². The minimum Gasteiger partial charge on any atom is -0.352 e. The molecule has 0 bridgehead atoms. The van der Waals surface area contributed by atoms with E-state index in [0.717, 1.165) is 30.0 Å². The van der Waals surface area contributed by atoms with E-state index in [0.29, 0.717) is 12.1 Å². The zero-order chi connectivity index (χ0) is 18.5. The van der Waals surface area contributed by atoms with Crippen LogP contribution in [0.4, 0.5) is 4.39 Å². The molecule has 0 spiro atoms. The van der Waals surface area contributed by atoms with Crippen LogP contribution >= 0.6 is 0 Å². The lowest BCUT2D eigenvalue weighted by Gasteiger charge is -2.26. The second kappa shape index (κ2) is 8.49. The molecule has 1 aromatic carbocycles. The quantitative estimate of drug-likeness (QED) is 0.798. The zero-order valence-electron chi connectivity index (χ0n) is 15.7. The second-order valence-corrected chi connectivity index (χ2v) is 7.11. The van der Waals surface area contributed by atoms with Gasteiger partial charge >= 0.3 is 0 Å². The zero-order valence-corrected chi connectivity index (χ0v) is 15.7. The van der Waals surface area contributed by atoms with Crippen molar-refractivity contribution in [2.45, 2.75) is 39.5 Å². The monoisotopic (exact) mass is 357 g/mol. The molecule has 0 unspecified atom stereocenters. The highest BCUT2D eigenvalue weighted by molar-refractivity contribution is 5.95. The van der Waals surface area contributed by atoms with Crippen LogP contribution in [0.2, 0.25) is 0 Å². The number of benzene rings is 1. The van der Waals surface area contributed by atoms with E-state index < -0.39 is 0 Å². The summed E-state index contributed by atoms with van der Waals surface area (Å²) in [6.07, 6.45) is 4.91. The highest BCUT2D eigenvalue weighted by Crippen LogP contribution is 2.21. The number of piperidine rings is 1. The van der Waals surface area contributed by atoms with Gasteiger partial charge in [-0.1, -0.05) is 6.42 Å². The molecule has 0 saturated carbocycles. The SMILES string of the molecule is Cc1cc(C(=O)NCCCN2CCCCC2)c(C)n1-c1ccc(F)cc1. The second-order valence-electron chi connectivity index (χ2n) is 7.11. The lowest BCUT2D eigenvalue weighted by molar-refractivity contribution is 0.0950. The average molecular weight is 357 g/mol. The maximum absolute atomic E-state index is 13.2. The van der Waals surface area contributed by atoms with Crippen LogP contribution in [-0.4, -0.2) is 41.6 Å². The molecule has 1 amide bonds. The topological polar surface area (TPSA) is 37.3 Å². The number of rotatable bonds is 6. The third-order valence-electron chi connectivity index (χ3n) is 5.15. The number of hydrogen-bond acceptors (Lipinski definition) is 2. The van der Waals surface area contributed by atoms with Crippen LogP contribution in [0.3, 0.4) is 0 Å². The van der Waals surface area contributed by atoms with E-state index in [1.165, 1.54) is 44.5 Å². The molecule has 1 saturated heterocycles. The van der Waals surface area contributed by atoms with Gasteiger partial charge in [-0.25, -0.2) is 4.39 Å². The summed E-state index contributed by atoms with van der Waals surface area (Å²) in [7, 11) is 0. The van der Waals surface area contributed by atoms with Crippen LogP contribution in [0, 0.1) is 19.7 Å². The van der Waals surface area contributed by atoms with Gasteiger partial charge in [-0.2, -0.15) is 0 Å². The first kappa shape index (κ1) is 18.6. The van der Waals surface area contributed by atoms with Gasteiger partial charge < -0.3 is 14.8 Å². The summed E-state index contributed by atoms with van der Waals surface area (Å²) < 4.78 is 15.2. The first-order valence-electron chi connectivity index (χ1n) is 9.51. The van der Waals surface area contributed by atoms with Crippen molar-refractivity contribution in [2.24, 2.45) is 0 Å². The Balaban J connectivity index is 1.59. The van der Waals surface area contributed by atoms with E-state index in [9.17, 15) is 9.18 Å². The Labute approximate surface area is 155 Å². The van der Waals surface area contributed by atoms with Crippen LogP contribution in [0.15, 0.2) is 30.3 Å². The Kier molecular flexibility index (Phi) is 6.09. The van der Waals surface area contributed by atoms with Gasteiger partial charge in [0, 0.05) is 23.6 Å². The summed E-state index contributed by atoms with van der Waals surface area (Å²) in [4.78, 5) is 15.1. The van der Waals surface area contributed by atoms with Crippen molar-refractivity contribution in [1.82, 2.24) is 14.8 Å². The molecule has 2 heterocycles. The van der Waals surface area contributed by atoms with E-state index in [2.05, 4.69) is 10.2 Å². The first-order valence-corrected chi connectivity index (χ1v) is 9.51. The fraction of sp³-hybridized carbons (Fsp3) is 0.476. The standard InChI is InChI=1S/C21H28FN3O/c1-16-15-20(17(2)25(16)19-9-7-18(22)8-10-19)21(26)23-11-6-14-24-12-4-3-5-13-24/h7-10,15H,3-6,11-14H2,1-2H3,(H,23,26). The summed E-state index contributed by atoms with van der Waals surface area (Å²) in [5, 5.41) is 3.04. The van der Waals surface area contributed by atoms with Gasteiger partial charge in [-0.15, -0.1) is 0 Å². The molecule has 1 aliphatic rings. The molecule has 0 atom stereocenters. The van der Waals surface area contributed by atoms with Gasteiger partial charge in [-0.05, 0) is 83.1 Å². The minimum absolute atomic E-state index is 0.0369. The van der Waals surface area contributed by atoms with E-state index in [1.54, 1.807) is 12.1 Å². The highest BCUT2D eigenvalue weighted by atomic mass is 19.1. The predicted molar refractivity (Wildman–Crippen MR) is 102 cm³/mol. The molecule has 26 heavy (non-hydrogen) atoms. The largest absolute Gasteiger partial charge is 0.352 e. The molecule has 5 heteroatoms. The van der Waals surface area contributed by atoms with Crippen molar-refractivity contribution in [1.29, 1.82) is 0 Å². The number of carbonyl (C=O) groups is 1. The molecule has 140 valence electrons. The predicted octanol–water partition coefficient (Wildman–Crippen LogP) is 3.84. The van der Waals surface area contributed by atoms with E-state index >= 15 is 0 Å². The van der Waals surface area contributed by atoms with Gasteiger partial charge in [0.2, 0.25) is 0 Å². The van der Waals surface area contributed by atoms with Crippen LogP contribution < -0.4 is 5.32 Å². The molecule has 1 N–H and O–H groups in total. The Morgan fingerprint density at radius 2 is 1.81 bits per heavy atom. The molecule has 0 aliphatic carbocycles. The smallest absolute Gasteiger partial charge is 0.253 e. The summed E-state index contributed by atoms with van der Waals surface area (Å²) in [6, 6.07) is 8.24. The summed E-state index contributed by atoms with van der Waals surface area (Å²) in [6.45, 7) is 8.01. The number of hydrogen-bond donors (Lipinski definition) is 1. The van der Waals surface area contributed by atoms with E-state index in [1.807, 2.05) is 24.5 Å². The Hall–Kier alpha value is -2.14. The molecule has 3 rings (SSSR count). The third kappa shape index (κ3) is 4.33. The maximum atomic E-state index is 13.2. The van der Waals surface area contributed by atoms with Crippen LogP contribution in [-0.2, 0) is 0 Å². The Morgan fingerprint density at radius 3 is 2.50 bits per heavy atom. The number of nitrogens with one attached hydrogen (secondary N) is 1. The van der Waals surface area contributed by atoms with Gasteiger partial charge in [0.05, 0.1) is 5.56 Å². The average Bonchev–Trinajstić information content (AvgIpc) is 2.95. The summed E-state index contributed by atoms with van der Waals surface area (Å²) >= 11 is 0. The van der Waals surface area contributed by atoms with Crippen LogP contribution in [0.1, 0.15) is 47.4 Å². The highest BCUT2D eigenvalue weighted by Gasteiger charge is 2.16. The molecule has 4 nitrogen and oxygen atoms in total. The van der Waals surface area contributed by atoms with Crippen LogP contribution in [0.25, 0.3) is 5.69 Å². The number of carbonyl (C=O) groups excluding carboxylic acids is 1. The molecule has 0 radical (unpaired) electrons. The molecular weight excluding hydrogens is 329 g/mol. The van der Waals surface area contributed by atoms with Crippen molar-refractivity contribution >= 4 is 5.91 Å². The number of nitrogens with zero attached hydrogens (tertiary/aromatic N) is 2. The lowest BCUT2D eigenvalue weighted by Crippen LogP contribution is -2.33. The van der Waals surface area contributed by atoms with Crippen molar-refractivity contribution in [3.63, 3.8) is 0 Å². The van der Waals surface area contributed by atoms with Gasteiger partial charge in [0.15, 0.2) is 0 Å². The Morgan fingerprint density at radius 1 is 1.12 bits per heavy atom. The number of aryl methyl sites for hydroxylation is 1. The molecular formula is C21H28FN3O. The molecule has 2 aromatic rings. The minimum atomic E-state index is -0.261. The number of likely N-dealkylation sites (tertiary alicyclic amines) is 1. The van der Waals surface area contributed by atoms with Crippen molar-refractivity contribution in [3.8, 4) is 5.69 Å². The number of halogens is 1. The Bertz CT molecular complexity index is 745. The summed E-state index contributed by atoms with van der Waals surface area (Å²) in [5.41, 5.74) is 3.39. The molecule has 1 fully saturated rings. The van der Waals surface area contributed by atoms with E-state index in [-0.39, 0.29) is 11.7 Å². The fourth-order valence-electron chi connectivity index (χ4n) is 3.76. The first-order chi connectivity index (χ1) is 12.6.